The van der Waals surface area contributed by atoms with Crippen molar-refractivity contribution in [1.29, 1.82) is 0 Å². The van der Waals surface area contributed by atoms with Crippen molar-refractivity contribution >= 4 is 106 Å². The molecule has 4 aromatic heterocycles. The molecule has 0 bridgehead atoms. The lowest BCUT2D eigenvalue weighted by Gasteiger charge is -2.40. The third-order valence-corrected chi connectivity index (χ3v) is 17.8. The minimum Gasteiger partial charge on any atom is -0.460 e. The van der Waals surface area contributed by atoms with Crippen LogP contribution in [0.3, 0.4) is 0 Å². The molecule has 0 saturated heterocycles. The van der Waals surface area contributed by atoms with Crippen LogP contribution in [-0.2, 0) is 11.8 Å². The van der Waals surface area contributed by atoms with Crippen molar-refractivity contribution in [3.63, 3.8) is 0 Å². The fourth-order valence-electron chi connectivity index (χ4n) is 14.7. The molecule has 10 aromatic carbocycles. The molecular weight excluding hydrogens is 969 g/mol. The van der Waals surface area contributed by atoms with Crippen LogP contribution in [0.5, 0.6) is 0 Å². The van der Waals surface area contributed by atoms with Crippen molar-refractivity contribution in [3.8, 4) is 11.1 Å². The summed E-state index contributed by atoms with van der Waals surface area (Å²) in [6.07, 6.45) is 8.91. The molecule has 0 radical (unpaired) electrons. The van der Waals surface area contributed by atoms with E-state index in [1.165, 1.54) is 27.8 Å². The zero-order chi connectivity index (χ0) is 51.5. The van der Waals surface area contributed by atoms with Crippen molar-refractivity contribution in [2.24, 2.45) is 5.92 Å². The Morgan fingerprint density at radius 1 is 0.430 bits per heavy atom. The van der Waals surface area contributed by atoms with E-state index in [2.05, 4.69) is 246 Å². The summed E-state index contributed by atoms with van der Waals surface area (Å²) < 4.78 is 29.2. The highest BCUT2D eigenvalue weighted by Crippen LogP contribution is 2.70. The Hall–Kier alpha value is -10.0. The van der Waals surface area contributed by atoms with Crippen molar-refractivity contribution in [1.82, 2.24) is 0 Å². The van der Waals surface area contributed by atoms with Crippen molar-refractivity contribution in [2.45, 2.75) is 24.2 Å². The SMILES string of the molecule is C1=Cc2c(oc3c4c(cc(N(c5ccccc5)c5cccc6c5oc5ccccc56)c23)C2(c3ccccc3-c3ccccc32)C2C=C(N(c3ccccc3)c3cccc5c3oc3ccccc35)c3c(oc5ccccc35)C42)CC1. The predicted molar refractivity (Wildman–Crippen MR) is 319 cm³/mol. The van der Waals surface area contributed by atoms with Gasteiger partial charge in [0.05, 0.1) is 39.5 Å². The number of benzene rings is 10. The van der Waals surface area contributed by atoms with Gasteiger partial charge in [0.25, 0.3) is 0 Å². The van der Waals surface area contributed by atoms with Gasteiger partial charge in [-0.3, -0.25) is 0 Å². The molecule has 0 amide bonds. The Labute approximate surface area is 453 Å². The average Bonchev–Trinajstić information content (AvgIpc) is 4.55. The molecule has 2 atom stereocenters. The second-order valence-electron chi connectivity index (χ2n) is 21.6. The van der Waals surface area contributed by atoms with Crippen LogP contribution in [0.1, 0.15) is 57.2 Å². The molecular formula is C73H46N2O4. The summed E-state index contributed by atoms with van der Waals surface area (Å²) in [4.78, 5) is 4.88. The molecule has 14 aromatic rings. The van der Waals surface area contributed by atoms with Gasteiger partial charge in [-0.15, -0.1) is 0 Å². The molecule has 18 rings (SSSR count). The smallest absolute Gasteiger partial charge is 0.159 e. The van der Waals surface area contributed by atoms with Gasteiger partial charge in [-0.25, -0.2) is 0 Å². The van der Waals surface area contributed by atoms with Crippen molar-refractivity contribution in [3.05, 3.63) is 282 Å². The van der Waals surface area contributed by atoms with E-state index in [1.54, 1.807) is 0 Å². The lowest BCUT2D eigenvalue weighted by Crippen LogP contribution is -2.35. The largest absolute Gasteiger partial charge is 0.460 e. The number of hydrogen-bond acceptors (Lipinski definition) is 6. The summed E-state index contributed by atoms with van der Waals surface area (Å²) in [5.41, 5.74) is 19.9. The Morgan fingerprint density at radius 3 is 1.61 bits per heavy atom. The van der Waals surface area contributed by atoms with Gasteiger partial charge in [0, 0.05) is 67.3 Å². The van der Waals surface area contributed by atoms with Crippen LogP contribution in [0.25, 0.3) is 88.7 Å². The quantitative estimate of drug-likeness (QED) is 0.165. The molecule has 1 spiro atoms. The highest BCUT2D eigenvalue weighted by atomic mass is 16.3. The summed E-state index contributed by atoms with van der Waals surface area (Å²) in [7, 11) is 0. The monoisotopic (exact) mass is 1010 g/mol. The third-order valence-electron chi connectivity index (χ3n) is 17.8. The lowest BCUT2D eigenvalue weighted by atomic mass is 9.64. The standard InChI is InChI=1S/C73H46N2O4/c1-3-21-43(22-4-1)74(57-35-19-31-49-47-27-9-15-37-61(47)76-69(49)57)59-41-55-67(71-65(59)51-29-11-17-39-63(51)78-71)68-56(73(55)53-33-13-7-25-45(53)46-26-8-14-34-54(46)73)42-60(66-52-30-12-18-40-64(52)79-72(66)68)75(44-23-5-2-6-24-44)58-36-20-32-50-48-28-10-16-38-62(48)77-70(50)58/h1-17,19-39,41-42,55,67H,18,40H2. The van der Waals surface area contributed by atoms with Gasteiger partial charge >= 0.3 is 0 Å². The summed E-state index contributed by atoms with van der Waals surface area (Å²) in [5.74, 6) is 1.42. The number of allylic oxidation sites excluding steroid dienone is 2. The van der Waals surface area contributed by atoms with Gasteiger partial charge in [0.2, 0.25) is 0 Å². The van der Waals surface area contributed by atoms with Gasteiger partial charge in [-0.1, -0.05) is 182 Å². The predicted octanol–water partition coefficient (Wildman–Crippen LogP) is 19.7. The van der Waals surface area contributed by atoms with E-state index >= 15 is 0 Å². The molecule has 372 valence electrons. The van der Waals surface area contributed by atoms with Crippen LogP contribution >= 0.6 is 0 Å². The summed E-state index contributed by atoms with van der Waals surface area (Å²) in [5, 5.41) is 6.43. The molecule has 0 fully saturated rings. The Morgan fingerprint density at radius 2 is 0.962 bits per heavy atom. The summed E-state index contributed by atoms with van der Waals surface area (Å²) in [6, 6.07) is 80.9. The van der Waals surface area contributed by atoms with Gasteiger partial charge in [-0.05, 0) is 94.9 Å². The van der Waals surface area contributed by atoms with Crippen LogP contribution in [0.4, 0.5) is 28.4 Å². The van der Waals surface area contributed by atoms with Crippen LogP contribution in [0.15, 0.2) is 254 Å². The Bertz CT molecular complexity index is 4910. The maximum atomic E-state index is 7.65. The van der Waals surface area contributed by atoms with E-state index < -0.39 is 5.41 Å². The maximum absolute atomic E-state index is 7.65. The summed E-state index contributed by atoms with van der Waals surface area (Å²) in [6.45, 7) is 0. The van der Waals surface area contributed by atoms with Crippen LogP contribution in [-0.4, -0.2) is 0 Å². The third kappa shape index (κ3) is 5.69. The van der Waals surface area contributed by atoms with Crippen LogP contribution in [0.2, 0.25) is 0 Å². The average molecular weight is 1020 g/mol. The van der Waals surface area contributed by atoms with Gasteiger partial charge in [0.15, 0.2) is 11.2 Å². The first-order valence-electron chi connectivity index (χ1n) is 27.5. The number of furan rings is 4. The number of aryl methyl sites for hydroxylation is 1. The number of fused-ring (bicyclic) bond motifs is 24. The van der Waals surface area contributed by atoms with Gasteiger partial charge in [-0.2, -0.15) is 0 Å². The van der Waals surface area contributed by atoms with E-state index in [0.717, 1.165) is 141 Å². The van der Waals surface area contributed by atoms with E-state index in [1.807, 2.05) is 6.07 Å². The minimum atomic E-state index is -0.747. The molecule has 4 heterocycles. The first kappa shape index (κ1) is 43.1. The molecule has 0 N–H and O–H groups in total. The lowest BCUT2D eigenvalue weighted by molar-refractivity contribution is 0.405. The van der Waals surface area contributed by atoms with E-state index in [-0.39, 0.29) is 11.8 Å². The summed E-state index contributed by atoms with van der Waals surface area (Å²) >= 11 is 0. The highest BCUT2D eigenvalue weighted by molar-refractivity contribution is 6.15. The number of nitrogens with zero attached hydrogens (tertiary/aromatic N) is 2. The first-order chi connectivity index (χ1) is 39.2. The van der Waals surface area contributed by atoms with Gasteiger partial charge in [0.1, 0.15) is 33.9 Å². The van der Waals surface area contributed by atoms with E-state index in [9.17, 15) is 0 Å². The van der Waals surface area contributed by atoms with Crippen LogP contribution in [0, 0.1) is 5.92 Å². The minimum absolute atomic E-state index is 0.225. The Kier molecular flexibility index (Phi) is 8.73. The maximum Gasteiger partial charge on any atom is 0.159 e. The van der Waals surface area contributed by atoms with E-state index in [0.29, 0.717) is 0 Å². The Balaban J connectivity index is 1.01. The second kappa shape index (κ2) is 16.0. The van der Waals surface area contributed by atoms with Crippen LogP contribution < -0.4 is 9.80 Å². The molecule has 6 heteroatoms. The molecule has 0 saturated carbocycles. The number of para-hydroxylation sites is 7. The molecule has 2 unspecified atom stereocenters. The molecule has 79 heavy (non-hydrogen) atoms. The molecule has 0 aliphatic heterocycles. The molecule has 6 nitrogen and oxygen atoms in total. The fourth-order valence-corrected chi connectivity index (χ4v) is 14.7. The zero-order valence-electron chi connectivity index (χ0n) is 42.7. The topological polar surface area (TPSA) is 59.0 Å². The number of hydrogen-bond donors (Lipinski definition) is 0. The fraction of sp³-hybridized carbons (Fsp3) is 0.0685. The molecule has 4 aliphatic rings. The van der Waals surface area contributed by atoms with E-state index in [4.69, 9.17) is 17.7 Å². The van der Waals surface area contributed by atoms with Gasteiger partial charge < -0.3 is 27.5 Å². The normalized spacial score (nSPS) is 16.4. The van der Waals surface area contributed by atoms with Crippen molar-refractivity contribution < 1.29 is 17.7 Å². The second-order valence-corrected chi connectivity index (χ2v) is 21.6. The highest BCUT2D eigenvalue weighted by Gasteiger charge is 2.62. The van der Waals surface area contributed by atoms with Crippen molar-refractivity contribution in [2.75, 3.05) is 9.80 Å². The number of anilines is 5. The zero-order valence-corrected chi connectivity index (χ0v) is 42.7. The first-order valence-corrected chi connectivity index (χ1v) is 27.5. The number of rotatable bonds is 6. The molecule has 4 aliphatic carbocycles.